The molecular weight excluding hydrogens is 188 g/mol. The maximum Gasteiger partial charge on any atom is 0.197 e. The number of aryl methyl sites for hydroxylation is 1. The maximum absolute atomic E-state index is 5.88. The molecule has 1 saturated heterocycles. The molecule has 0 amide bonds. The highest BCUT2D eigenvalue weighted by atomic mass is 16.4. The van der Waals surface area contributed by atoms with Crippen LogP contribution in [0, 0.1) is 6.92 Å². The number of rotatable bonds is 2. The summed E-state index contributed by atoms with van der Waals surface area (Å²) in [5, 5.41) is 3.36. The SMILES string of the molecule is Cc1nc(C2CCNCC2)oc1C(C)C. The Balaban J connectivity index is 2.17. The van der Waals surface area contributed by atoms with E-state index in [4.69, 9.17) is 4.42 Å². The van der Waals surface area contributed by atoms with E-state index in [0.717, 1.165) is 43.3 Å². The molecule has 0 aromatic carbocycles. The van der Waals surface area contributed by atoms with E-state index in [2.05, 4.69) is 24.1 Å². The second kappa shape index (κ2) is 4.35. The zero-order valence-electron chi connectivity index (χ0n) is 9.84. The van der Waals surface area contributed by atoms with Crippen molar-refractivity contribution < 1.29 is 4.42 Å². The van der Waals surface area contributed by atoms with Crippen LogP contribution in [0.2, 0.25) is 0 Å². The third kappa shape index (κ3) is 2.23. The van der Waals surface area contributed by atoms with Gasteiger partial charge in [-0.1, -0.05) is 13.8 Å². The molecule has 1 aromatic heterocycles. The average Bonchev–Trinajstić information content (AvgIpc) is 2.62. The van der Waals surface area contributed by atoms with Crippen LogP contribution in [0.25, 0.3) is 0 Å². The zero-order valence-corrected chi connectivity index (χ0v) is 9.84. The van der Waals surface area contributed by atoms with E-state index in [1.807, 2.05) is 6.92 Å². The highest BCUT2D eigenvalue weighted by molar-refractivity contribution is 5.13. The molecular formula is C12H20N2O. The number of piperidine rings is 1. The molecule has 1 aliphatic heterocycles. The van der Waals surface area contributed by atoms with Gasteiger partial charge in [0.05, 0.1) is 5.69 Å². The largest absolute Gasteiger partial charge is 0.445 e. The van der Waals surface area contributed by atoms with E-state index in [1.165, 1.54) is 0 Å². The van der Waals surface area contributed by atoms with Gasteiger partial charge in [-0.15, -0.1) is 0 Å². The molecule has 84 valence electrons. The number of hydrogen-bond acceptors (Lipinski definition) is 3. The molecule has 3 nitrogen and oxygen atoms in total. The van der Waals surface area contributed by atoms with E-state index in [-0.39, 0.29) is 0 Å². The Morgan fingerprint density at radius 3 is 2.53 bits per heavy atom. The average molecular weight is 208 g/mol. The fourth-order valence-electron chi connectivity index (χ4n) is 2.21. The summed E-state index contributed by atoms with van der Waals surface area (Å²) in [6.07, 6.45) is 2.30. The fraction of sp³-hybridized carbons (Fsp3) is 0.750. The first-order chi connectivity index (χ1) is 7.18. The summed E-state index contributed by atoms with van der Waals surface area (Å²) in [7, 11) is 0. The second-order valence-corrected chi connectivity index (χ2v) is 4.68. The quantitative estimate of drug-likeness (QED) is 0.811. The van der Waals surface area contributed by atoms with Crippen LogP contribution in [0.3, 0.4) is 0 Å². The Hall–Kier alpha value is -0.830. The molecule has 1 N–H and O–H groups in total. The normalized spacial score (nSPS) is 18.7. The minimum Gasteiger partial charge on any atom is -0.445 e. The Kier molecular flexibility index (Phi) is 3.10. The summed E-state index contributed by atoms with van der Waals surface area (Å²) in [6.45, 7) is 8.52. The molecule has 0 radical (unpaired) electrons. The highest BCUT2D eigenvalue weighted by Gasteiger charge is 2.22. The van der Waals surface area contributed by atoms with Crippen molar-refractivity contribution in [1.29, 1.82) is 0 Å². The van der Waals surface area contributed by atoms with E-state index in [1.54, 1.807) is 0 Å². The summed E-state index contributed by atoms with van der Waals surface area (Å²) in [5.74, 6) is 2.98. The highest BCUT2D eigenvalue weighted by Crippen LogP contribution is 2.28. The molecule has 0 unspecified atom stereocenters. The van der Waals surface area contributed by atoms with Crippen molar-refractivity contribution in [3.05, 3.63) is 17.3 Å². The molecule has 1 aliphatic rings. The van der Waals surface area contributed by atoms with Crippen molar-refractivity contribution in [1.82, 2.24) is 10.3 Å². The lowest BCUT2D eigenvalue weighted by atomic mass is 9.98. The van der Waals surface area contributed by atoms with Crippen molar-refractivity contribution >= 4 is 0 Å². The van der Waals surface area contributed by atoms with Crippen LogP contribution in [0.4, 0.5) is 0 Å². The van der Waals surface area contributed by atoms with Crippen molar-refractivity contribution in [2.45, 2.75) is 45.4 Å². The number of hydrogen-bond donors (Lipinski definition) is 1. The third-order valence-electron chi connectivity index (χ3n) is 3.06. The molecule has 2 rings (SSSR count). The van der Waals surface area contributed by atoms with Gasteiger partial charge in [0.1, 0.15) is 5.76 Å². The van der Waals surface area contributed by atoms with Gasteiger partial charge in [-0.3, -0.25) is 0 Å². The molecule has 0 saturated carbocycles. The first kappa shape index (κ1) is 10.7. The van der Waals surface area contributed by atoms with Gasteiger partial charge in [-0.05, 0) is 32.9 Å². The van der Waals surface area contributed by atoms with E-state index in [0.29, 0.717) is 11.8 Å². The van der Waals surface area contributed by atoms with Crippen LogP contribution >= 0.6 is 0 Å². The lowest BCUT2D eigenvalue weighted by Crippen LogP contribution is -2.26. The zero-order chi connectivity index (χ0) is 10.8. The smallest absolute Gasteiger partial charge is 0.197 e. The van der Waals surface area contributed by atoms with E-state index < -0.39 is 0 Å². The first-order valence-corrected chi connectivity index (χ1v) is 5.86. The topological polar surface area (TPSA) is 38.1 Å². The molecule has 1 aromatic rings. The molecule has 2 heterocycles. The van der Waals surface area contributed by atoms with Crippen molar-refractivity contribution in [3.8, 4) is 0 Å². The summed E-state index contributed by atoms with van der Waals surface area (Å²) < 4.78 is 5.88. The van der Waals surface area contributed by atoms with Crippen LogP contribution in [-0.2, 0) is 0 Å². The lowest BCUT2D eigenvalue weighted by Gasteiger charge is -2.19. The van der Waals surface area contributed by atoms with Gasteiger partial charge in [0.2, 0.25) is 0 Å². The van der Waals surface area contributed by atoms with Gasteiger partial charge < -0.3 is 9.73 Å². The molecule has 1 fully saturated rings. The second-order valence-electron chi connectivity index (χ2n) is 4.68. The minimum atomic E-state index is 0.438. The van der Waals surface area contributed by atoms with Crippen LogP contribution in [-0.4, -0.2) is 18.1 Å². The van der Waals surface area contributed by atoms with Gasteiger partial charge in [0, 0.05) is 11.8 Å². The monoisotopic (exact) mass is 208 g/mol. The van der Waals surface area contributed by atoms with Gasteiger partial charge in [0.25, 0.3) is 0 Å². The number of nitrogens with zero attached hydrogens (tertiary/aromatic N) is 1. The van der Waals surface area contributed by atoms with Crippen molar-refractivity contribution in [2.24, 2.45) is 0 Å². The van der Waals surface area contributed by atoms with Crippen molar-refractivity contribution in [3.63, 3.8) is 0 Å². The number of aromatic nitrogens is 1. The lowest BCUT2D eigenvalue weighted by molar-refractivity contribution is 0.355. The molecule has 3 heteroatoms. The Labute approximate surface area is 91.3 Å². The standard InChI is InChI=1S/C12H20N2O/c1-8(2)11-9(3)14-12(15-11)10-4-6-13-7-5-10/h8,10,13H,4-7H2,1-3H3. The Bertz CT molecular complexity index is 324. The van der Waals surface area contributed by atoms with E-state index in [9.17, 15) is 0 Å². The minimum absolute atomic E-state index is 0.438. The van der Waals surface area contributed by atoms with Gasteiger partial charge in [-0.25, -0.2) is 4.98 Å². The Morgan fingerprint density at radius 1 is 1.33 bits per heavy atom. The molecule has 15 heavy (non-hydrogen) atoms. The van der Waals surface area contributed by atoms with Crippen molar-refractivity contribution in [2.75, 3.05) is 13.1 Å². The van der Waals surface area contributed by atoms with Gasteiger partial charge in [0.15, 0.2) is 5.89 Å². The van der Waals surface area contributed by atoms with Crippen LogP contribution in [0.1, 0.15) is 55.9 Å². The predicted molar refractivity (Wildman–Crippen MR) is 60.2 cm³/mol. The Morgan fingerprint density at radius 2 is 2.00 bits per heavy atom. The fourth-order valence-corrected chi connectivity index (χ4v) is 2.21. The predicted octanol–water partition coefficient (Wildman–Crippen LogP) is 2.57. The molecule has 0 atom stereocenters. The first-order valence-electron chi connectivity index (χ1n) is 5.86. The van der Waals surface area contributed by atoms with Gasteiger partial charge in [-0.2, -0.15) is 0 Å². The van der Waals surface area contributed by atoms with Gasteiger partial charge >= 0.3 is 0 Å². The third-order valence-corrected chi connectivity index (χ3v) is 3.06. The molecule has 0 spiro atoms. The maximum atomic E-state index is 5.88. The molecule has 0 aliphatic carbocycles. The van der Waals surface area contributed by atoms with Crippen LogP contribution in [0.5, 0.6) is 0 Å². The summed E-state index contributed by atoms with van der Waals surface area (Å²) in [5.41, 5.74) is 1.07. The number of nitrogens with one attached hydrogen (secondary N) is 1. The molecule has 0 bridgehead atoms. The number of oxazole rings is 1. The summed E-state index contributed by atoms with van der Waals surface area (Å²) in [4.78, 5) is 4.56. The van der Waals surface area contributed by atoms with Crippen LogP contribution < -0.4 is 5.32 Å². The van der Waals surface area contributed by atoms with E-state index >= 15 is 0 Å². The van der Waals surface area contributed by atoms with Crippen LogP contribution in [0.15, 0.2) is 4.42 Å². The summed E-state index contributed by atoms with van der Waals surface area (Å²) in [6, 6.07) is 0. The summed E-state index contributed by atoms with van der Waals surface area (Å²) >= 11 is 0.